The fourth-order valence-electron chi connectivity index (χ4n) is 5.44. The van der Waals surface area contributed by atoms with Crippen molar-refractivity contribution in [3.63, 3.8) is 0 Å². The first kappa shape index (κ1) is 33.1. The maximum atomic E-state index is 14.3. The fourth-order valence-corrected chi connectivity index (χ4v) is 6.98. The minimum absolute atomic E-state index is 0.0116. The lowest BCUT2D eigenvalue weighted by atomic mass is 9.95. The van der Waals surface area contributed by atoms with E-state index in [1.54, 1.807) is 55.6 Å². The van der Waals surface area contributed by atoms with Gasteiger partial charge in [0.1, 0.15) is 24.1 Å². The van der Waals surface area contributed by atoms with Crippen molar-refractivity contribution in [2.45, 2.75) is 69.0 Å². The Morgan fingerprint density at radius 2 is 1.59 bits per heavy atom. The Hall–Kier alpha value is -3.76. The molecule has 0 radical (unpaired) electrons. The summed E-state index contributed by atoms with van der Waals surface area (Å²) >= 11 is 6.12. The Morgan fingerprint density at radius 1 is 0.932 bits per heavy atom. The van der Waals surface area contributed by atoms with Gasteiger partial charge in [0, 0.05) is 17.6 Å². The number of anilines is 1. The van der Waals surface area contributed by atoms with Crippen LogP contribution >= 0.6 is 11.6 Å². The zero-order chi connectivity index (χ0) is 31.7. The van der Waals surface area contributed by atoms with Crippen LogP contribution in [0.1, 0.15) is 51.0 Å². The molecule has 0 saturated heterocycles. The second kappa shape index (κ2) is 15.3. The number of hydrogen-bond acceptors (Lipinski definition) is 6. The number of nitrogens with zero attached hydrogens (tertiary/aromatic N) is 2. The molecule has 0 bridgehead atoms. The van der Waals surface area contributed by atoms with E-state index >= 15 is 0 Å². The van der Waals surface area contributed by atoms with Gasteiger partial charge in [-0.3, -0.25) is 13.9 Å². The quantitative estimate of drug-likeness (QED) is 0.253. The first-order valence-corrected chi connectivity index (χ1v) is 16.6. The van der Waals surface area contributed by atoms with Crippen LogP contribution in [0.15, 0.2) is 77.7 Å². The van der Waals surface area contributed by atoms with E-state index in [1.807, 2.05) is 19.1 Å². The van der Waals surface area contributed by atoms with Gasteiger partial charge < -0.3 is 19.7 Å². The van der Waals surface area contributed by atoms with E-state index in [1.165, 1.54) is 24.1 Å². The summed E-state index contributed by atoms with van der Waals surface area (Å²) in [5, 5.41) is 3.58. The predicted molar refractivity (Wildman–Crippen MR) is 172 cm³/mol. The van der Waals surface area contributed by atoms with Crippen LogP contribution in [-0.2, 0) is 26.2 Å². The Balaban J connectivity index is 1.71. The topological polar surface area (TPSA) is 105 Å². The van der Waals surface area contributed by atoms with Crippen molar-refractivity contribution in [1.82, 2.24) is 10.2 Å². The molecule has 2 amide bonds. The number of carbonyl (C=O) groups is 2. The van der Waals surface area contributed by atoms with Gasteiger partial charge in [-0.15, -0.1) is 0 Å². The van der Waals surface area contributed by atoms with E-state index in [2.05, 4.69) is 5.32 Å². The van der Waals surface area contributed by atoms with Crippen LogP contribution in [0.5, 0.6) is 11.5 Å². The van der Waals surface area contributed by atoms with Crippen LogP contribution in [0.4, 0.5) is 5.69 Å². The number of rotatable bonds is 13. The normalized spacial score (nSPS) is 14.4. The van der Waals surface area contributed by atoms with Gasteiger partial charge in [0.2, 0.25) is 11.8 Å². The van der Waals surface area contributed by atoms with Crippen molar-refractivity contribution in [2.75, 3.05) is 25.1 Å². The van der Waals surface area contributed by atoms with Crippen molar-refractivity contribution >= 4 is 39.1 Å². The summed E-state index contributed by atoms with van der Waals surface area (Å²) in [6.45, 7) is 1.40. The monoisotopic (exact) mass is 641 g/mol. The summed E-state index contributed by atoms with van der Waals surface area (Å²) in [5.41, 5.74) is 1.01. The Morgan fingerprint density at radius 3 is 2.20 bits per heavy atom. The molecule has 0 aliphatic heterocycles. The third-order valence-electron chi connectivity index (χ3n) is 7.87. The molecule has 1 saturated carbocycles. The Bertz CT molecular complexity index is 1510. The Labute approximate surface area is 265 Å². The van der Waals surface area contributed by atoms with E-state index in [9.17, 15) is 18.0 Å². The van der Waals surface area contributed by atoms with Crippen LogP contribution < -0.4 is 19.1 Å². The van der Waals surface area contributed by atoms with E-state index in [-0.39, 0.29) is 29.1 Å². The van der Waals surface area contributed by atoms with E-state index in [0.29, 0.717) is 22.9 Å². The molecule has 1 atom stereocenters. The molecule has 1 fully saturated rings. The van der Waals surface area contributed by atoms with Gasteiger partial charge in [-0.25, -0.2) is 8.42 Å². The summed E-state index contributed by atoms with van der Waals surface area (Å²) in [4.78, 5) is 29.4. The number of ether oxygens (including phenoxy) is 2. The predicted octanol–water partition coefficient (Wildman–Crippen LogP) is 5.81. The molecule has 0 heterocycles. The van der Waals surface area contributed by atoms with E-state index < -0.39 is 28.5 Å². The van der Waals surface area contributed by atoms with Crippen molar-refractivity contribution in [3.8, 4) is 11.5 Å². The van der Waals surface area contributed by atoms with Crippen LogP contribution in [0.3, 0.4) is 0 Å². The van der Waals surface area contributed by atoms with Gasteiger partial charge in [0.05, 0.1) is 24.8 Å². The molecule has 3 aromatic rings. The largest absolute Gasteiger partial charge is 0.497 e. The first-order valence-electron chi connectivity index (χ1n) is 14.8. The highest BCUT2D eigenvalue weighted by Crippen LogP contribution is 2.28. The van der Waals surface area contributed by atoms with Gasteiger partial charge in [0.15, 0.2) is 0 Å². The molecule has 9 nitrogen and oxygen atoms in total. The van der Waals surface area contributed by atoms with Crippen LogP contribution in [0.2, 0.25) is 5.02 Å². The molecule has 1 aliphatic carbocycles. The van der Waals surface area contributed by atoms with Crippen LogP contribution in [-0.4, -0.2) is 58.0 Å². The van der Waals surface area contributed by atoms with Crippen molar-refractivity contribution in [2.24, 2.45) is 0 Å². The molecule has 4 rings (SSSR count). The van der Waals surface area contributed by atoms with Gasteiger partial charge in [-0.2, -0.15) is 0 Å². The zero-order valence-corrected chi connectivity index (χ0v) is 26.9. The van der Waals surface area contributed by atoms with Crippen LogP contribution in [0, 0.1) is 0 Å². The summed E-state index contributed by atoms with van der Waals surface area (Å²) < 4.78 is 39.7. The molecule has 11 heteroatoms. The zero-order valence-electron chi connectivity index (χ0n) is 25.4. The summed E-state index contributed by atoms with van der Waals surface area (Å²) in [7, 11) is -1.16. The number of hydrogen-bond donors (Lipinski definition) is 1. The van der Waals surface area contributed by atoms with E-state index in [0.717, 1.165) is 42.0 Å². The highest BCUT2D eigenvalue weighted by atomic mass is 35.5. The minimum Gasteiger partial charge on any atom is -0.497 e. The van der Waals surface area contributed by atoms with Gasteiger partial charge in [0.25, 0.3) is 10.0 Å². The Kier molecular flexibility index (Phi) is 11.5. The first-order chi connectivity index (χ1) is 21.2. The molecular weight excluding hydrogens is 602 g/mol. The van der Waals surface area contributed by atoms with Crippen molar-refractivity contribution < 1.29 is 27.5 Å². The van der Waals surface area contributed by atoms with E-state index in [4.69, 9.17) is 21.1 Å². The second-order valence-corrected chi connectivity index (χ2v) is 13.1. The summed E-state index contributed by atoms with van der Waals surface area (Å²) in [6, 6.07) is 18.7. The molecule has 3 aromatic carbocycles. The lowest BCUT2D eigenvalue weighted by Gasteiger charge is -2.34. The molecule has 1 aliphatic rings. The fraction of sp³-hybridized carbons (Fsp3) is 0.394. The average molecular weight is 642 g/mol. The number of nitrogens with one attached hydrogen (secondary N) is 1. The smallest absolute Gasteiger partial charge is 0.264 e. The lowest BCUT2D eigenvalue weighted by Crippen LogP contribution is -2.54. The number of halogens is 1. The highest BCUT2D eigenvalue weighted by molar-refractivity contribution is 7.92. The van der Waals surface area contributed by atoms with Gasteiger partial charge in [-0.05, 0) is 85.5 Å². The molecule has 0 unspecified atom stereocenters. The molecular formula is C33H40ClN3O6S. The van der Waals surface area contributed by atoms with Crippen molar-refractivity contribution in [1.29, 1.82) is 0 Å². The maximum absolute atomic E-state index is 14.3. The number of methoxy groups -OCH3 is 2. The molecule has 236 valence electrons. The number of carbonyl (C=O) groups excluding carboxylic acids is 2. The maximum Gasteiger partial charge on any atom is 0.264 e. The van der Waals surface area contributed by atoms with Crippen LogP contribution in [0.25, 0.3) is 0 Å². The third-order valence-corrected chi connectivity index (χ3v) is 9.91. The number of benzene rings is 3. The number of sulfonamides is 1. The van der Waals surface area contributed by atoms with Gasteiger partial charge in [-0.1, -0.05) is 49.9 Å². The van der Waals surface area contributed by atoms with Gasteiger partial charge >= 0.3 is 0 Å². The molecule has 1 N–H and O–H groups in total. The standard InChI is InChI=1S/C33H40ClN3O6S/c1-4-31(33(39)35-26-10-6-5-7-11-26)36(22-24-9-8-12-29(21-24)43-3)32(38)23-37(27-15-13-25(34)14-16-27)44(40,41)30-19-17-28(42-2)18-20-30/h8-9,12-21,26,31H,4-7,10-11,22-23H2,1-3H3,(H,35,39)/t31-/m1/s1. The second-order valence-electron chi connectivity index (χ2n) is 10.8. The number of amides is 2. The average Bonchev–Trinajstić information content (AvgIpc) is 3.04. The minimum atomic E-state index is -4.21. The summed E-state index contributed by atoms with van der Waals surface area (Å²) in [6.07, 6.45) is 5.39. The third kappa shape index (κ3) is 8.24. The molecule has 0 spiro atoms. The summed E-state index contributed by atoms with van der Waals surface area (Å²) in [5.74, 6) is 0.342. The lowest BCUT2D eigenvalue weighted by molar-refractivity contribution is -0.140. The molecule has 44 heavy (non-hydrogen) atoms. The molecule has 0 aromatic heterocycles. The SMILES string of the molecule is CC[C@H](C(=O)NC1CCCCC1)N(Cc1cccc(OC)c1)C(=O)CN(c1ccc(Cl)cc1)S(=O)(=O)c1ccc(OC)cc1. The van der Waals surface area contributed by atoms with Crippen molar-refractivity contribution in [3.05, 3.63) is 83.4 Å². The highest BCUT2D eigenvalue weighted by Gasteiger charge is 2.34.